The summed E-state index contributed by atoms with van der Waals surface area (Å²) in [6.45, 7) is 2.48. The summed E-state index contributed by atoms with van der Waals surface area (Å²) in [6.07, 6.45) is -1.21. The summed E-state index contributed by atoms with van der Waals surface area (Å²) in [5.74, 6) is 4.59. The van der Waals surface area contributed by atoms with Crippen LogP contribution in [0.2, 0.25) is 0 Å². The maximum atomic E-state index is 10.8. The first-order chi connectivity index (χ1) is 9.49. The molecule has 1 aromatic rings. The van der Waals surface area contributed by atoms with E-state index in [0.717, 1.165) is 4.47 Å². The number of benzene rings is 1. The van der Waals surface area contributed by atoms with E-state index in [1.165, 1.54) is 13.8 Å². The van der Waals surface area contributed by atoms with Crippen molar-refractivity contribution in [3.63, 3.8) is 0 Å². The first-order valence-corrected chi connectivity index (χ1v) is 6.48. The molecule has 20 heavy (non-hydrogen) atoms. The van der Waals surface area contributed by atoms with Crippen LogP contribution in [0.4, 0.5) is 0 Å². The van der Waals surface area contributed by atoms with E-state index in [9.17, 15) is 9.59 Å². The van der Waals surface area contributed by atoms with Crippen LogP contribution in [-0.2, 0) is 19.1 Å². The van der Waals surface area contributed by atoms with Crippen LogP contribution in [0.15, 0.2) is 28.7 Å². The van der Waals surface area contributed by atoms with Gasteiger partial charge < -0.3 is 14.2 Å². The monoisotopic (exact) mass is 340 g/mol. The predicted octanol–water partition coefficient (Wildman–Crippen LogP) is 2.28. The van der Waals surface area contributed by atoms with Gasteiger partial charge in [-0.1, -0.05) is 18.1 Å². The maximum absolute atomic E-state index is 10.8. The van der Waals surface area contributed by atoms with Gasteiger partial charge in [0.05, 0.1) is 4.47 Å². The average molecular weight is 341 g/mol. The van der Waals surface area contributed by atoms with Gasteiger partial charge in [0.25, 0.3) is 0 Å². The van der Waals surface area contributed by atoms with Crippen LogP contribution < -0.4 is 4.74 Å². The molecule has 0 radical (unpaired) electrons. The summed E-state index contributed by atoms with van der Waals surface area (Å²) in [7, 11) is 0. The molecular weight excluding hydrogens is 328 g/mol. The Labute approximate surface area is 125 Å². The molecule has 0 spiro atoms. The van der Waals surface area contributed by atoms with E-state index in [1.54, 1.807) is 6.07 Å². The highest BCUT2D eigenvalue weighted by molar-refractivity contribution is 9.10. The average Bonchev–Trinajstić information content (AvgIpc) is 2.35. The number of ether oxygens (including phenoxy) is 3. The second-order valence-corrected chi connectivity index (χ2v) is 4.45. The van der Waals surface area contributed by atoms with Crippen molar-refractivity contribution in [1.29, 1.82) is 0 Å². The molecule has 6 heteroatoms. The SMILES string of the molecule is CC(=O)OC(C#CCOc1ccccc1Br)OC(C)=O. The van der Waals surface area contributed by atoms with Gasteiger partial charge in [0.2, 0.25) is 0 Å². The van der Waals surface area contributed by atoms with Gasteiger partial charge in [-0.05, 0) is 34.0 Å². The summed E-state index contributed by atoms with van der Waals surface area (Å²) < 4.78 is 15.6. The highest BCUT2D eigenvalue weighted by Crippen LogP contribution is 2.23. The Hall–Kier alpha value is -2.00. The van der Waals surface area contributed by atoms with Gasteiger partial charge in [0.1, 0.15) is 12.4 Å². The number of rotatable bonds is 4. The third kappa shape index (κ3) is 6.25. The van der Waals surface area contributed by atoms with E-state index in [1.807, 2.05) is 18.2 Å². The van der Waals surface area contributed by atoms with Crippen molar-refractivity contribution < 1.29 is 23.8 Å². The van der Waals surface area contributed by atoms with Crippen LogP contribution in [0.1, 0.15) is 13.8 Å². The largest absolute Gasteiger partial charge is 0.480 e. The Balaban J connectivity index is 2.55. The van der Waals surface area contributed by atoms with E-state index in [4.69, 9.17) is 14.2 Å². The van der Waals surface area contributed by atoms with Gasteiger partial charge in [0, 0.05) is 13.8 Å². The Morgan fingerprint density at radius 1 is 1.20 bits per heavy atom. The second kappa shape index (κ2) is 8.23. The fraction of sp³-hybridized carbons (Fsp3) is 0.286. The minimum Gasteiger partial charge on any atom is -0.480 e. The third-order valence-corrected chi connectivity index (χ3v) is 2.56. The fourth-order valence-electron chi connectivity index (χ4n) is 1.19. The Morgan fingerprint density at radius 3 is 2.35 bits per heavy atom. The molecule has 0 bridgehead atoms. The van der Waals surface area contributed by atoms with E-state index >= 15 is 0 Å². The lowest BCUT2D eigenvalue weighted by atomic mass is 10.3. The molecule has 0 aliphatic heterocycles. The van der Waals surface area contributed by atoms with E-state index in [-0.39, 0.29) is 6.61 Å². The van der Waals surface area contributed by atoms with Crippen molar-refractivity contribution in [2.75, 3.05) is 6.61 Å². The molecule has 1 rings (SSSR count). The fourth-order valence-corrected chi connectivity index (χ4v) is 1.58. The number of hydrogen-bond acceptors (Lipinski definition) is 5. The Bertz CT molecular complexity index is 528. The normalized spacial score (nSPS) is 9.40. The van der Waals surface area contributed by atoms with Gasteiger partial charge in [-0.15, -0.1) is 0 Å². The molecule has 0 aliphatic carbocycles. The molecule has 0 fully saturated rings. The van der Waals surface area contributed by atoms with Gasteiger partial charge in [-0.2, -0.15) is 0 Å². The second-order valence-electron chi connectivity index (χ2n) is 3.59. The maximum Gasteiger partial charge on any atom is 0.311 e. The predicted molar refractivity (Wildman–Crippen MR) is 74.7 cm³/mol. The van der Waals surface area contributed by atoms with Crippen LogP contribution in [0.3, 0.4) is 0 Å². The molecule has 0 amide bonds. The van der Waals surface area contributed by atoms with Gasteiger partial charge >= 0.3 is 18.2 Å². The van der Waals surface area contributed by atoms with E-state index in [0.29, 0.717) is 5.75 Å². The summed E-state index contributed by atoms with van der Waals surface area (Å²) in [5.41, 5.74) is 0. The van der Waals surface area contributed by atoms with E-state index < -0.39 is 18.2 Å². The van der Waals surface area contributed by atoms with Crippen LogP contribution >= 0.6 is 15.9 Å². The molecule has 5 nitrogen and oxygen atoms in total. The zero-order chi connectivity index (χ0) is 15.0. The van der Waals surface area contributed by atoms with Crippen LogP contribution in [0.5, 0.6) is 5.75 Å². The number of para-hydroxylation sites is 1. The summed E-state index contributed by atoms with van der Waals surface area (Å²) in [6, 6.07) is 7.30. The first kappa shape index (κ1) is 16.1. The summed E-state index contributed by atoms with van der Waals surface area (Å²) in [4.78, 5) is 21.6. The lowest BCUT2D eigenvalue weighted by Gasteiger charge is -2.10. The van der Waals surface area contributed by atoms with Crippen LogP contribution in [-0.4, -0.2) is 24.8 Å². The minimum atomic E-state index is -1.21. The lowest BCUT2D eigenvalue weighted by Crippen LogP contribution is -2.20. The van der Waals surface area contributed by atoms with E-state index in [2.05, 4.69) is 27.8 Å². The van der Waals surface area contributed by atoms with Crippen molar-refractivity contribution in [2.45, 2.75) is 20.1 Å². The molecule has 0 heterocycles. The summed E-state index contributed by atoms with van der Waals surface area (Å²) in [5, 5.41) is 0. The lowest BCUT2D eigenvalue weighted by molar-refractivity contribution is -0.174. The van der Waals surface area contributed by atoms with Crippen LogP contribution in [0, 0.1) is 11.8 Å². The first-order valence-electron chi connectivity index (χ1n) is 5.69. The molecule has 0 atom stereocenters. The number of carbonyl (C=O) groups excluding carboxylic acids is 2. The molecule has 0 N–H and O–H groups in total. The van der Waals surface area contributed by atoms with Crippen molar-refractivity contribution in [3.05, 3.63) is 28.7 Å². The Kier molecular flexibility index (Phi) is 6.60. The minimum absolute atomic E-state index is 0.0711. The quantitative estimate of drug-likeness (QED) is 0.478. The number of esters is 2. The Morgan fingerprint density at radius 2 is 1.80 bits per heavy atom. The standard InChI is InChI=1S/C14H13BrO5/c1-10(16)19-14(20-11(2)17)8-5-9-18-13-7-4-3-6-12(13)15/h3-4,6-7,14H,9H2,1-2H3. The molecule has 0 unspecified atom stereocenters. The topological polar surface area (TPSA) is 61.8 Å². The zero-order valence-electron chi connectivity index (χ0n) is 11.0. The number of halogens is 1. The highest BCUT2D eigenvalue weighted by Gasteiger charge is 2.11. The summed E-state index contributed by atoms with van der Waals surface area (Å²) >= 11 is 3.33. The van der Waals surface area contributed by atoms with Crippen molar-refractivity contribution in [3.8, 4) is 17.6 Å². The zero-order valence-corrected chi connectivity index (χ0v) is 12.6. The van der Waals surface area contributed by atoms with Crippen molar-refractivity contribution in [1.82, 2.24) is 0 Å². The van der Waals surface area contributed by atoms with Crippen molar-refractivity contribution in [2.24, 2.45) is 0 Å². The molecular formula is C14H13BrO5. The van der Waals surface area contributed by atoms with Crippen LogP contribution in [0.25, 0.3) is 0 Å². The van der Waals surface area contributed by atoms with Gasteiger partial charge in [0.15, 0.2) is 0 Å². The van der Waals surface area contributed by atoms with Gasteiger partial charge in [-0.3, -0.25) is 9.59 Å². The molecule has 0 aliphatic rings. The highest BCUT2D eigenvalue weighted by atomic mass is 79.9. The number of carbonyl (C=O) groups is 2. The van der Waals surface area contributed by atoms with Gasteiger partial charge in [-0.25, -0.2) is 0 Å². The third-order valence-electron chi connectivity index (χ3n) is 1.90. The molecule has 0 aromatic heterocycles. The molecule has 106 valence electrons. The molecule has 1 aromatic carbocycles. The smallest absolute Gasteiger partial charge is 0.311 e. The molecule has 0 saturated carbocycles. The molecule has 0 saturated heterocycles. The van der Waals surface area contributed by atoms with Crippen molar-refractivity contribution >= 4 is 27.9 Å². The number of hydrogen-bond donors (Lipinski definition) is 0.